The van der Waals surface area contributed by atoms with Crippen LogP contribution in [0.2, 0.25) is 0 Å². The Bertz CT molecular complexity index is 254. The molecule has 0 aliphatic heterocycles. The van der Waals surface area contributed by atoms with Crippen molar-refractivity contribution < 1.29 is 10.2 Å². The highest BCUT2D eigenvalue weighted by atomic mass is 16.5. The average Bonchev–Trinajstić information content (AvgIpc) is 2.56. The molecule has 3 heteroatoms. The smallest absolute Gasteiger partial charge is 0.151 e. The van der Waals surface area contributed by atoms with Crippen LogP contribution < -0.4 is 5.73 Å². The van der Waals surface area contributed by atoms with Gasteiger partial charge in [0.1, 0.15) is 0 Å². The molecule has 4 N–H and O–H groups in total. The number of hydrogen-bond acceptors (Lipinski definition) is 3. The summed E-state index contributed by atoms with van der Waals surface area (Å²) in [7, 11) is 0. The summed E-state index contributed by atoms with van der Waals surface area (Å²) in [5.41, 5.74) is 5.48. The van der Waals surface area contributed by atoms with E-state index in [0.717, 1.165) is 19.4 Å². The maximum Gasteiger partial charge on any atom is 0.151 e. The summed E-state index contributed by atoms with van der Waals surface area (Å²) < 4.78 is 0. The highest BCUT2D eigenvalue weighted by Crippen LogP contribution is 2.12. The van der Waals surface area contributed by atoms with Gasteiger partial charge in [0.2, 0.25) is 0 Å². The van der Waals surface area contributed by atoms with Crippen molar-refractivity contribution in [1.82, 2.24) is 0 Å². The van der Waals surface area contributed by atoms with Gasteiger partial charge in [-0.25, -0.2) is 0 Å². The fourth-order valence-corrected chi connectivity index (χ4v) is 3.00. The molecule has 0 radical (unpaired) electrons. The van der Waals surface area contributed by atoms with E-state index in [1.165, 1.54) is 89.9 Å². The number of aliphatic hydroxyl groups is 2. The van der Waals surface area contributed by atoms with Crippen LogP contribution in [0.4, 0.5) is 0 Å². The third-order valence-corrected chi connectivity index (χ3v) is 4.57. The van der Waals surface area contributed by atoms with Gasteiger partial charge in [-0.1, -0.05) is 76.4 Å². The molecule has 0 heterocycles. The quantitative estimate of drug-likeness (QED) is 0.166. The Balaban J connectivity index is 3.06. The largest absolute Gasteiger partial charge is 0.368 e. The molecular formula is C21H43NO2. The lowest BCUT2D eigenvalue weighted by Gasteiger charge is -2.03. The molecule has 0 aromatic carbocycles. The Morgan fingerprint density at radius 1 is 0.542 bits per heavy atom. The lowest BCUT2D eigenvalue weighted by molar-refractivity contribution is -0.0466. The van der Waals surface area contributed by atoms with Crippen molar-refractivity contribution in [3.05, 3.63) is 12.2 Å². The number of rotatable bonds is 19. The van der Waals surface area contributed by atoms with Gasteiger partial charge in [-0.15, -0.1) is 0 Å². The van der Waals surface area contributed by atoms with Gasteiger partial charge in [0.25, 0.3) is 0 Å². The zero-order valence-corrected chi connectivity index (χ0v) is 15.9. The van der Waals surface area contributed by atoms with E-state index in [0.29, 0.717) is 6.42 Å². The molecule has 0 fully saturated rings. The lowest BCUT2D eigenvalue weighted by Crippen LogP contribution is -2.02. The van der Waals surface area contributed by atoms with Gasteiger partial charge < -0.3 is 15.9 Å². The highest BCUT2D eigenvalue weighted by Gasteiger charge is 1.97. The van der Waals surface area contributed by atoms with Gasteiger partial charge in [-0.05, 0) is 51.5 Å². The molecule has 0 aromatic rings. The highest BCUT2D eigenvalue weighted by molar-refractivity contribution is 4.81. The standard InChI is InChI=1S/C21H43NO2/c22-20-18-16-14-12-10-8-6-4-2-1-3-5-7-9-11-13-15-17-19-21(23)24/h2,4,21,23-24H,1,3,5-20,22H2/b4-2-. The molecule has 3 nitrogen and oxygen atoms in total. The van der Waals surface area contributed by atoms with Crippen LogP contribution in [0.25, 0.3) is 0 Å². The van der Waals surface area contributed by atoms with E-state index in [4.69, 9.17) is 15.9 Å². The molecule has 0 amide bonds. The minimum Gasteiger partial charge on any atom is -0.368 e. The van der Waals surface area contributed by atoms with Crippen LogP contribution >= 0.6 is 0 Å². The van der Waals surface area contributed by atoms with E-state index in [9.17, 15) is 0 Å². The average molecular weight is 342 g/mol. The molecule has 0 aromatic heterocycles. The molecule has 0 aliphatic rings. The van der Waals surface area contributed by atoms with Gasteiger partial charge >= 0.3 is 0 Å². The van der Waals surface area contributed by atoms with E-state index in [-0.39, 0.29) is 0 Å². The van der Waals surface area contributed by atoms with Crippen molar-refractivity contribution in [3.63, 3.8) is 0 Å². The Labute approximate surface area is 150 Å². The molecule has 0 saturated carbocycles. The molecular weight excluding hydrogens is 298 g/mol. The number of aliphatic hydroxyl groups excluding tert-OH is 1. The van der Waals surface area contributed by atoms with Crippen molar-refractivity contribution in [2.45, 2.75) is 115 Å². The predicted octanol–water partition coefficient (Wildman–Crippen LogP) is 5.44. The molecule has 0 atom stereocenters. The van der Waals surface area contributed by atoms with Crippen molar-refractivity contribution in [2.24, 2.45) is 5.73 Å². The van der Waals surface area contributed by atoms with E-state index in [1.54, 1.807) is 0 Å². The summed E-state index contributed by atoms with van der Waals surface area (Å²) in [6, 6.07) is 0. The van der Waals surface area contributed by atoms with Crippen LogP contribution in [0.15, 0.2) is 12.2 Å². The molecule has 0 aliphatic carbocycles. The van der Waals surface area contributed by atoms with E-state index >= 15 is 0 Å². The van der Waals surface area contributed by atoms with Crippen LogP contribution in [0.5, 0.6) is 0 Å². The summed E-state index contributed by atoms with van der Waals surface area (Å²) in [5, 5.41) is 17.5. The van der Waals surface area contributed by atoms with Gasteiger partial charge in [0.15, 0.2) is 6.29 Å². The summed E-state index contributed by atoms with van der Waals surface area (Å²) in [5.74, 6) is 0. The van der Waals surface area contributed by atoms with Gasteiger partial charge in [0, 0.05) is 0 Å². The third kappa shape index (κ3) is 21.6. The summed E-state index contributed by atoms with van der Waals surface area (Å²) >= 11 is 0. The SMILES string of the molecule is NCCCCCCCC/C=C\CCCCCCCCCCC(O)O. The number of nitrogens with two attached hydrogens (primary N) is 1. The second-order valence-corrected chi connectivity index (χ2v) is 7.06. The topological polar surface area (TPSA) is 66.5 Å². The first-order valence-electron chi connectivity index (χ1n) is 10.5. The second-order valence-electron chi connectivity index (χ2n) is 7.06. The Kier molecular flexibility index (Phi) is 20.3. The van der Waals surface area contributed by atoms with Crippen molar-refractivity contribution in [2.75, 3.05) is 6.54 Å². The molecule has 0 spiro atoms. The van der Waals surface area contributed by atoms with Gasteiger partial charge in [-0.3, -0.25) is 0 Å². The number of hydrogen-bond donors (Lipinski definition) is 3. The number of unbranched alkanes of at least 4 members (excludes halogenated alkanes) is 14. The molecule has 0 bridgehead atoms. The Morgan fingerprint density at radius 2 is 0.917 bits per heavy atom. The Morgan fingerprint density at radius 3 is 1.33 bits per heavy atom. The Hall–Kier alpha value is -0.380. The second kappa shape index (κ2) is 20.7. The first-order chi connectivity index (χ1) is 11.8. The maximum atomic E-state index is 8.74. The molecule has 0 rings (SSSR count). The molecule has 0 saturated heterocycles. The van der Waals surface area contributed by atoms with Crippen molar-refractivity contribution >= 4 is 0 Å². The summed E-state index contributed by atoms with van der Waals surface area (Å²) in [6.45, 7) is 0.846. The van der Waals surface area contributed by atoms with Crippen LogP contribution in [0, 0.1) is 0 Å². The monoisotopic (exact) mass is 341 g/mol. The van der Waals surface area contributed by atoms with Crippen LogP contribution in [-0.2, 0) is 0 Å². The zero-order valence-electron chi connectivity index (χ0n) is 15.9. The minimum atomic E-state index is -1.11. The van der Waals surface area contributed by atoms with Gasteiger partial charge in [0.05, 0.1) is 0 Å². The predicted molar refractivity (Wildman–Crippen MR) is 105 cm³/mol. The fraction of sp³-hybridized carbons (Fsp3) is 0.905. The first-order valence-corrected chi connectivity index (χ1v) is 10.5. The van der Waals surface area contributed by atoms with Crippen LogP contribution in [0.3, 0.4) is 0 Å². The van der Waals surface area contributed by atoms with Gasteiger partial charge in [-0.2, -0.15) is 0 Å². The van der Waals surface area contributed by atoms with Crippen molar-refractivity contribution in [3.8, 4) is 0 Å². The minimum absolute atomic E-state index is 0.528. The maximum absolute atomic E-state index is 8.74. The lowest BCUT2D eigenvalue weighted by atomic mass is 10.1. The summed E-state index contributed by atoms with van der Waals surface area (Å²) in [6.07, 6.45) is 24.5. The summed E-state index contributed by atoms with van der Waals surface area (Å²) in [4.78, 5) is 0. The zero-order chi connectivity index (χ0) is 17.7. The number of allylic oxidation sites excluding steroid dienone is 2. The molecule has 0 unspecified atom stereocenters. The fourth-order valence-electron chi connectivity index (χ4n) is 3.00. The first kappa shape index (κ1) is 23.6. The molecule has 24 heavy (non-hydrogen) atoms. The normalized spacial score (nSPS) is 11.8. The van der Waals surface area contributed by atoms with Crippen LogP contribution in [-0.4, -0.2) is 23.0 Å². The third-order valence-electron chi connectivity index (χ3n) is 4.57. The van der Waals surface area contributed by atoms with E-state index < -0.39 is 6.29 Å². The van der Waals surface area contributed by atoms with E-state index in [2.05, 4.69) is 12.2 Å². The molecule has 144 valence electrons. The van der Waals surface area contributed by atoms with E-state index in [1.807, 2.05) is 0 Å². The van der Waals surface area contributed by atoms with Crippen LogP contribution in [0.1, 0.15) is 109 Å². The van der Waals surface area contributed by atoms with Crippen molar-refractivity contribution in [1.29, 1.82) is 0 Å².